The molecule has 1 fully saturated rings. The van der Waals surface area contributed by atoms with Crippen molar-refractivity contribution in [2.24, 2.45) is 5.92 Å². The van der Waals surface area contributed by atoms with E-state index in [-0.39, 0.29) is 5.75 Å². The van der Waals surface area contributed by atoms with Crippen molar-refractivity contribution in [3.05, 3.63) is 60.4 Å². The lowest BCUT2D eigenvalue weighted by atomic mass is 9.96. The van der Waals surface area contributed by atoms with E-state index in [1.807, 2.05) is 6.07 Å². The number of carbonyl (C=O) groups excluding carboxylic acids is 2. The largest absolute Gasteiger partial charge is 0.462 e. The van der Waals surface area contributed by atoms with Crippen LogP contribution in [-0.2, 0) is 32.9 Å². The molecule has 0 saturated carbocycles. The van der Waals surface area contributed by atoms with Crippen molar-refractivity contribution in [1.82, 2.24) is 14.7 Å². The molecular weight excluding hydrogens is 593 g/mol. The van der Waals surface area contributed by atoms with Gasteiger partial charge in [-0.2, -0.15) is 15.4 Å². The fourth-order valence-electron chi connectivity index (χ4n) is 4.45. The third kappa shape index (κ3) is 7.04. The lowest BCUT2D eigenvalue weighted by molar-refractivity contribution is -0.159. The van der Waals surface area contributed by atoms with Crippen LogP contribution in [0.3, 0.4) is 0 Å². The Morgan fingerprint density at radius 2 is 1.86 bits per heavy atom. The monoisotopic (exact) mass is 629 g/mol. The minimum absolute atomic E-state index is 0.136. The number of hydrogen-bond donors (Lipinski definition) is 3. The van der Waals surface area contributed by atoms with E-state index < -0.39 is 68.3 Å². The molecule has 0 unspecified atom stereocenters. The molecule has 14 nitrogen and oxygen atoms in total. The van der Waals surface area contributed by atoms with E-state index in [9.17, 15) is 24.5 Å². The van der Waals surface area contributed by atoms with Crippen molar-refractivity contribution in [1.29, 1.82) is 5.26 Å². The standard InChI is InChI=1S/C29H36N5O9P/c1-17(2)27(36)41-25-24(23-12-11-22-21(31)13-14-32-34(22)23)42-29(15-30,26(25)35)16-39-44(38,43-20-9-7-6-8-10-20)33-19(5)28(37)40-18(3)4/h6-14,17-19,24-26,35H,16,31H2,1-5H3,(H,33,38)/t19-,24-,25-,26-,29+,44-/m0/s1. The first-order valence-electron chi connectivity index (χ1n) is 14.0. The zero-order valence-corrected chi connectivity index (χ0v) is 25.8. The number of aliphatic hydroxyl groups is 1. The Morgan fingerprint density at radius 3 is 2.50 bits per heavy atom. The summed E-state index contributed by atoms with van der Waals surface area (Å²) in [6.07, 6.45) is -3.36. The van der Waals surface area contributed by atoms with E-state index in [1.165, 1.54) is 29.8 Å². The van der Waals surface area contributed by atoms with Crippen LogP contribution in [0.2, 0.25) is 0 Å². The van der Waals surface area contributed by atoms with Crippen LogP contribution >= 0.6 is 7.75 Å². The highest BCUT2D eigenvalue weighted by atomic mass is 31.2. The van der Waals surface area contributed by atoms with Gasteiger partial charge in [0.15, 0.2) is 6.10 Å². The lowest BCUT2D eigenvalue weighted by Crippen LogP contribution is -2.47. The summed E-state index contributed by atoms with van der Waals surface area (Å²) in [6.45, 7) is 7.14. The number of nitrogens with two attached hydrogens (primary N) is 1. The second-order valence-corrected chi connectivity index (χ2v) is 12.6. The van der Waals surface area contributed by atoms with E-state index in [2.05, 4.69) is 10.2 Å². The van der Waals surface area contributed by atoms with Gasteiger partial charge in [-0.15, -0.1) is 0 Å². The van der Waals surface area contributed by atoms with E-state index in [4.69, 9.17) is 29.0 Å². The quantitative estimate of drug-likeness (QED) is 0.195. The van der Waals surface area contributed by atoms with Crippen LogP contribution in [0.1, 0.15) is 46.4 Å². The van der Waals surface area contributed by atoms with Gasteiger partial charge >= 0.3 is 19.7 Å². The molecule has 1 aliphatic rings. The number of ether oxygens (including phenoxy) is 3. The Bertz CT molecular complexity index is 1570. The molecule has 0 amide bonds. The highest BCUT2D eigenvalue weighted by Gasteiger charge is 2.59. The first kappa shape index (κ1) is 32.9. The van der Waals surface area contributed by atoms with Crippen LogP contribution in [0.5, 0.6) is 5.75 Å². The Hall–Kier alpha value is -3.99. The van der Waals surface area contributed by atoms with E-state index in [0.29, 0.717) is 16.9 Å². The molecule has 0 aliphatic carbocycles. The number of anilines is 1. The van der Waals surface area contributed by atoms with Crippen molar-refractivity contribution in [2.75, 3.05) is 12.3 Å². The van der Waals surface area contributed by atoms with E-state index in [1.54, 1.807) is 64.1 Å². The minimum Gasteiger partial charge on any atom is -0.462 e. The molecule has 0 bridgehead atoms. The maximum atomic E-state index is 14.1. The first-order valence-corrected chi connectivity index (χ1v) is 15.5. The summed E-state index contributed by atoms with van der Waals surface area (Å²) in [7, 11) is -4.45. The number of nitriles is 1. The molecule has 3 aromatic rings. The predicted molar refractivity (Wildman–Crippen MR) is 157 cm³/mol. The summed E-state index contributed by atoms with van der Waals surface area (Å²) in [6, 6.07) is 13.7. The van der Waals surface area contributed by atoms with Gasteiger partial charge in [-0.3, -0.25) is 14.1 Å². The number of para-hydroxylation sites is 1. The topological polar surface area (TPSA) is 197 Å². The fourth-order valence-corrected chi connectivity index (χ4v) is 5.97. The van der Waals surface area contributed by atoms with E-state index in [0.717, 1.165) is 0 Å². The molecule has 44 heavy (non-hydrogen) atoms. The molecule has 3 heterocycles. The zero-order chi connectivity index (χ0) is 32.2. The number of nitrogen functional groups attached to an aromatic ring is 1. The summed E-state index contributed by atoms with van der Waals surface area (Å²) >= 11 is 0. The van der Waals surface area contributed by atoms with Gasteiger partial charge in [-0.05, 0) is 51.1 Å². The Balaban J connectivity index is 1.68. The molecule has 2 aromatic heterocycles. The summed E-state index contributed by atoms with van der Waals surface area (Å²) in [5.41, 5.74) is 5.13. The number of nitrogens with zero attached hydrogens (tertiary/aromatic N) is 3. The average molecular weight is 630 g/mol. The molecule has 15 heteroatoms. The summed E-state index contributed by atoms with van der Waals surface area (Å²) in [5, 5.41) is 28.7. The minimum atomic E-state index is -4.45. The second-order valence-electron chi connectivity index (χ2n) is 10.9. The molecule has 4 N–H and O–H groups in total. The molecular formula is C29H36N5O9P. The van der Waals surface area contributed by atoms with Crippen LogP contribution in [0.15, 0.2) is 54.7 Å². The summed E-state index contributed by atoms with van der Waals surface area (Å²) < 4.78 is 43.8. The van der Waals surface area contributed by atoms with Crippen molar-refractivity contribution < 1.29 is 42.5 Å². The fraction of sp³-hybridized carbons (Fsp3) is 0.448. The first-order chi connectivity index (χ1) is 20.8. The molecule has 1 aromatic carbocycles. The molecule has 1 aliphatic heterocycles. The van der Waals surface area contributed by atoms with Gasteiger partial charge in [0, 0.05) is 6.20 Å². The third-order valence-electron chi connectivity index (χ3n) is 6.72. The molecule has 4 rings (SSSR count). The van der Waals surface area contributed by atoms with Crippen molar-refractivity contribution in [2.45, 2.75) is 70.7 Å². The van der Waals surface area contributed by atoms with Crippen molar-refractivity contribution in [3.8, 4) is 11.8 Å². The molecule has 0 spiro atoms. The number of aliphatic hydroxyl groups excluding tert-OH is 1. The van der Waals surface area contributed by atoms with Gasteiger partial charge in [-0.1, -0.05) is 32.0 Å². The van der Waals surface area contributed by atoms with Crippen LogP contribution in [0.25, 0.3) is 5.52 Å². The number of benzene rings is 1. The van der Waals surface area contributed by atoms with Gasteiger partial charge in [0.1, 0.15) is 36.7 Å². The van der Waals surface area contributed by atoms with Crippen molar-refractivity contribution in [3.63, 3.8) is 0 Å². The van der Waals surface area contributed by atoms with Gasteiger partial charge < -0.3 is 29.6 Å². The summed E-state index contributed by atoms with van der Waals surface area (Å²) in [4.78, 5) is 25.2. The third-order valence-corrected chi connectivity index (χ3v) is 8.34. The highest BCUT2D eigenvalue weighted by molar-refractivity contribution is 7.52. The van der Waals surface area contributed by atoms with Crippen molar-refractivity contribution >= 4 is 30.9 Å². The SMILES string of the molecule is CC(C)OC(=O)[C@H](C)N[P@](=O)(OC[C@@]1(C#N)O[C@@H](c2ccc3c(N)ccnn23)[C@H](OC(=O)C(C)C)[C@@H]1O)Oc1ccccc1. The molecule has 0 radical (unpaired) electrons. The van der Waals surface area contributed by atoms with Crippen LogP contribution in [-0.4, -0.2) is 63.2 Å². The number of carbonyl (C=O) groups is 2. The maximum Gasteiger partial charge on any atom is 0.459 e. The van der Waals surface area contributed by atoms with Crippen LogP contribution in [0, 0.1) is 17.2 Å². The van der Waals surface area contributed by atoms with Gasteiger partial charge in [0.25, 0.3) is 0 Å². The van der Waals surface area contributed by atoms with Crippen LogP contribution < -0.4 is 15.3 Å². The smallest absolute Gasteiger partial charge is 0.459 e. The number of fused-ring (bicyclic) bond motifs is 1. The number of rotatable bonds is 12. The van der Waals surface area contributed by atoms with Crippen LogP contribution in [0.4, 0.5) is 5.69 Å². The normalized spacial score (nSPS) is 23.7. The number of nitrogens with one attached hydrogen (secondary N) is 1. The highest BCUT2D eigenvalue weighted by Crippen LogP contribution is 2.49. The molecule has 1 saturated heterocycles. The number of esters is 2. The average Bonchev–Trinajstić information content (AvgIpc) is 3.52. The predicted octanol–water partition coefficient (Wildman–Crippen LogP) is 3.31. The zero-order valence-electron chi connectivity index (χ0n) is 24.9. The Labute approximate surface area is 254 Å². The molecule has 6 atom stereocenters. The Kier molecular flexibility index (Phi) is 9.98. The second kappa shape index (κ2) is 13.3. The summed E-state index contributed by atoms with van der Waals surface area (Å²) in [5.74, 6) is -1.80. The Morgan fingerprint density at radius 1 is 1.16 bits per heavy atom. The number of aromatic nitrogens is 2. The maximum absolute atomic E-state index is 14.1. The van der Waals surface area contributed by atoms with E-state index >= 15 is 0 Å². The van der Waals surface area contributed by atoms with Gasteiger partial charge in [0.2, 0.25) is 5.60 Å². The van der Waals surface area contributed by atoms with Gasteiger partial charge in [-0.25, -0.2) is 9.08 Å². The number of hydrogen-bond acceptors (Lipinski definition) is 12. The van der Waals surface area contributed by atoms with Gasteiger partial charge in [0.05, 0.1) is 28.9 Å². The molecule has 236 valence electrons. The lowest BCUT2D eigenvalue weighted by Gasteiger charge is -2.28.